The molecule has 156 valence electrons. The topological polar surface area (TPSA) is 74.2 Å². The van der Waals surface area contributed by atoms with E-state index in [4.69, 9.17) is 0 Å². The second kappa shape index (κ2) is 8.53. The van der Waals surface area contributed by atoms with Gasteiger partial charge in [-0.05, 0) is 25.0 Å². The number of carbonyl (C=O) groups is 3. The Balaban J connectivity index is 1.36. The quantitative estimate of drug-likeness (QED) is 0.709. The van der Waals surface area contributed by atoms with Crippen LogP contribution in [-0.4, -0.2) is 62.4 Å². The Labute approximate surface area is 172 Å². The zero-order valence-electron chi connectivity index (χ0n) is 17.2. The lowest BCUT2D eigenvalue weighted by atomic mass is 9.81. The lowest BCUT2D eigenvalue weighted by Gasteiger charge is -2.33. The fourth-order valence-electron chi connectivity index (χ4n) is 4.86. The van der Waals surface area contributed by atoms with Crippen LogP contribution in [0.1, 0.15) is 32.1 Å². The van der Waals surface area contributed by atoms with E-state index in [1.54, 1.807) is 0 Å². The van der Waals surface area contributed by atoms with E-state index < -0.39 is 0 Å². The van der Waals surface area contributed by atoms with Crippen LogP contribution in [0.4, 0.5) is 11.4 Å². The van der Waals surface area contributed by atoms with Crippen LogP contribution in [0.2, 0.25) is 0 Å². The van der Waals surface area contributed by atoms with Gasteiger partial charge in [-0.25, -0.2) is 0 Å². The Kier molecular flexibility index (Phi) is 5.85. The summed E-state index contributed by atoms with van der Waals surface area (Å²) in [5, 5.41) is 3.00. The van der Waals surface area contributed by atoms with Crippen LogP contribution in [0.25, 0.3) is 0 Å². The Hall–Kier alpha value is -2.41. The van der Waals surface area contributed by atoms with Crippen molar-refractivity contribution in [3.8, 4) is 0 Å². The molecule has 0 aromatic heterocycles. The van der Waals surface area contributed by atoms with Gasteiger partial charge in [0.1, 0.15) is 0 Å². The number of carbonyl (C=O) groups excluding carboxylic acids is 3. The average Bonchev–Trinajstić information content (AvgIpc) is 2.98. The van der Waals surface area contributed by atoms with E-state index in [2.05, 4.69) is 17.3 Å². The Bertz CT molecular complexity index is 764. The summed E-state index contributed by atoms with van der Waals surface area (Å²) in [6.07, 6.45) is 3.77. The molecule has 0 bridgehead atoms. The van der Waals surface area contributed by atoms with E-state index in [0.29, 0.717) is 0 Å². The highest BCUT2D eigenvalue weighted by atomic mass is 16.2. The fraction of sp³-hybridized carbons (Fsp3) is 0.591. The molecule has 29 heavy (non-hydrogen) atoms. The smallest absolute Gasteiger partial charge is 0.233 e. The minimum absolute atomic E-state index is 0.0761. The number of likely N-dealkylation sites (tertiary alicyclic amines) is 1. The van der Waals surface area contributed by atoms with Crippen molar-refractivity contribution in [2.24, 2.45) is 11.8 Å². The normalized spacial score (nSPS) is 25.3. The number of para-hydroxylation sites is 2. The molecule has 1 aromatic rings. The zero-order chi connectivity index (χ0) is 20.4. The molecule has 0 spiro atoms. The molecule has 0 unspecified atom stereocenters. The maximum Gasteiger partial charge on any atom is 0.233 e. The van der Waals surface area contributed by atoms with E-state index >= 15 is 0 Å². The molecule has 2 atom stereocenters. The van der Waals surface area contributed by atoms with Crippen molar-refractivity contribution in [2.45, 2.75) is 32.1 Å². The summed E-state index contributed by atoms with van der Waals surface area (Å²) in [5.74, 6) is -0.618. The highest BCUT2D eigenvalue weighted by Crippen LogP contribution is 2.38. The van der Waals surface area contributed by atoms with Crippen LogP contribution in [0.5, 0.6) is 0 Å². The molecular weight excluding hydrogens is 368 g/mol. The minimum Gasteiger partial charge on any atom is -0.359 e. The molecule has 3 amide bonds. The van der Waals surface area contributed by atoms with Gasteiger partial charge >= 0.3 is 0 Å². The SMILES string of the molecule is C[NH+]1CCN(c2ccccc2NC(=O)CCN2C(=O)[C@H]3CCCC[C@H]3C2=O)CC1. The van der Waals surface area contributed by atoms with Crippen LogP contribution >= 0.6 is 0 Å². The number of quaternary nitrogens is 1. The molecule has 1 aromatic carbocycles. The molecular formula is C22H31N4O3+. The summed E-state index contributed by atoms with van der Waals surface area (Å²) < 4.78 is 0. The summed E-state index contributed by atoms with van der Waals surface area (Å²) in [6.45, 7) is 4.24. The predicted molar refractivity (Wildman–Crippen MR) is 111 cm³/mol. The average molecular weight is 400 g/mol. The first-order valence-corrected chi connectivity index (χ1v) is 10.8. The first-order chi connectivity index (χ1) is 14.0. The molecule has 7 heteroatoms. The number of benzene rings is 1. The van der Waals surface area contributed by atoms with Crippen LogP contribution < -0.4 is 15.1 Å². The minimum atomic E-state index is -0.160. The molecule has 3 fully saturated rings. The van der Waals surface area contributed by atoms with Gasteiger partial charge < -0.3 is 15.1 Å². The first-order valence-electron chi connectivity index (χ1n) is 10.8. The van der Waals surface area contributed by atoms with E-state index in [-0.39, 0.29) is 42.5 Å². The number of imide groups is 1. The number of amides is 3. The van der Waals surface area contributed by atoms with Gasteiger partial charge in [0, 0.05) is 13.0 Å². The highest BCUT2D eigenvalue weighted by molar-refractivity contribution is 6.05. The number of fused-ring (bicyclic) bond motifs is 1. The second-order valence-corrected chi connectivity index (χ2v) is 8.59. The van der Waals surface area contributed by atoms with E-state index in [1.807, 2.05) is 24.3 Å². The van der Waals surface area contributed by atoms with E-state index in [0.717, 1.165) is 63.2 Å². The third-order valence-corrected chi connectivity index (χ3v) is 6.63. The van der Waals surface area contributed by atoms with E-state index in [1.165, 1.54) is 9.80 Å². The Morgan fingerprint density at radius 2 is 1.69 bits per heavy atom. The van der Waals surface area contributed by atoms with Gasteiger partial charge in [0.2, 0.25) is 17.7 Å². The van der Waals surface area contributed by atoms with Gasteiger partial charge in [0.15, 0.2) is 0 Å². The van der Waals surface area contributed by atoms with Crippen LogP contribution in [-0.2, 0) is 14.4 Å². The number of rotatable bonds is 5. The number of hydrogen-bond acceptors (Lipinski definition) is 4. The number of hydrogen-bond donors (Lipinski definition) is 2. The molecule has 7 nitrogen and oxygen atoms in total. The molecule has 2 N–H and O–H groups in total. The van der Waals surface area contributed by atoms with Crippen molar-refractivity contribution in [3.05, 3.63) is 24.3 Å². The standard InChI is InChI=1S/C22H30N4O3/c1-24-12-14-25(15-13-24)19-9-5-4-8-18(19)23-20(27)10-11-26-21(28)16-6-2-3-7-17(16)22(26)29/h4-5,8-9,16-17H,2-3,6-7,10-15H2,1H3,(H,23,27)/p+1/t16-,17+. The molecule has 0 radical (unpaired) electrons. The van der Waals surface area contributed by atoms with Crippen molar-refractivity contribution >= 4 is 29.1 Å². The number of nitrogens with zero attached hydrogens (tertiary/aromatic N) is 2. The third kappa shape index (κ3) is 4.15. The monoisotopic (exact) mass is 399 g/mol. The molecule has 4 rings (SSSR count). The fourth-order valence-corrected chi connectivity index (χ4v) is 4.86. The van der Waals surface area contributed by atoms with Gasteiger partial charge in [-0.3, -0.25) is 19.3 Å². The Morgan fingerprint density at radius 3 is 2.34 bits per heavy atom. The molecule has 2 aliphatic heterocycles. The maximum atomic E-state index is 12.6. The molecule has 1 aliphatic carbocycles. The van der Waals surface area contributed by atoms with Gasteiger partial charge in [-0.2, -0.15) is 0 Å². The summed E-state index contributed by atoms with van der Waals surface area (Å²) in [7, 11) is 2.20. The number of anilines is 2. The van der Waals surface area contributed by atoms with Crippen molar-refractivity contribution in [2.75, 3.05) is 50.0 Å². The van der Waals surface area contributed by atoms with Gasteiger partial charge in [-0.1, -0.05) is 25.0 Å². The molecule has 2 saturated heterocycles. The number of nitrogens with one attached hydrogen (secondary N) is 2. The molecule has 2 heterocycles. The second-order valence-electron chi connectivity index (χ2n) is 8.59. The molecule has 3 aliphatic rings. The van der Waals surface area contributed by atoms with E-state index in [9.17, 15) is 14.4 Å². The largest absolute Gasteiger partial charge is 0.359 e. The van der Waals surface area contributed by atoms with Crippen molar-refractivity contribution in [3.63, 3.8) is 0 Å². The zero-order valence-corrected chi connectivity index (χ0v) is 17.2. The van der Waals surface area contributed by atoms with Crippen molar-refractivity contribution in [1.29, 1.82) is 0 Å². The third-order valence-electron chi connectivity index (χ3n) is 6.63. The maximum absolute atomic E-state index is 12.6. The van der Waals surface area contributed by atoms with Crippen LogP contribution in [0.3, 0.4) is 0 Å². The van der Waals surface area contributed by atoms with Gasteiger partial charge in [0.25, 0.3) is 0 Å². The Morgan fingerprint density at radius 1 is 1.07 bits per heavy atom. The van der Waals surface area contributed by atoms with Gasteiger partial charge in [0.05, 0.1) is 56.4 Å². The summed E-state index contributed by atoms with van der Waals surface area (Å²) in [4.78, 5) is 42.9. The number of likely N-dealkylation sites (N-methyl/N-ethyl adjacent to an activating group) is 1. The highest BCUT2D eigenvalue weighted by Gasteiger charge is 2.47. The van der Waals surface area contributed by atoms with Crippen LogP contribution in [0, 0.1) is 11.8 Å². The molecule has 1 saturated carbocycles. The summed E-state index contributed by atoms with van der Waals surface area (Å²) >= 11 is 0. The lowest BCUT2D eigenvalue weighted by molar-refractivity contribution is -0.880. The number of piperazine rings is 1. The first kappa shape index (κ1) is 19.9. The van der Waals surface area contributed by atoms with Crippen LogP contribution in [0.15, 0.2) is 24.3 Å². The lowest BCUT2D eigenvalue weighted by Crippen LogP contribution is -3.12. The van der Waals surface area contributed by atoms with Gasteiger partial charge in [-0.15, -0.1) is 0 Å². The van der Waals surface area contributed by atoms with Crippen molar-refractivity contribution in [1.82, 2.24) is 4.90 Å². The summed E-state index contributed by atoms with van der Waals surface area (Å²) in [6, 6.07) is 7.85. The van der Waals surface area contributed by atoms with Crippen molar-refractivity contribution < 1.29 is 19.3 Å². The predicted octanol–water partition coefficient (Wildman–Crippen LogP) is 0.525. The summed E-state index contributed by atoms with van der Waals surface area (Å²) in [5.41, 5.74) is 1.83.